The molecule has 0 saturated carbocycles. The van der Waals surface area contributed by atoms with Gasteiger partial charge in [0, 0.05) is 25.4 Å². The van der Waals surface area contributed by atoms with Crippen molar-refractivity contribution in [2.24, 2.45) is 11.1 Å². The summed E-state index contributed by atoms with van der Waals surface area (Å²) in [6.07, 6.45) is 3.46. The van der Waals surface area contributed by atoms with E-state index >= 15 is 0 Å². The third-order valence-corrected chi connectivity index (χ3v) is 2.79. The SMILES string of the molecule is O/N=C1/CCN2CCCC1C2. The van der Waals surface area contributed by atoms with Crippen molar-refractivity contribution in [1.29, 1.82) is 0 Å². The summed E-state index contributed by atoms with van der Waals surface area (Å²) >= 11 is 0. The Bertz CT molecular complexity index is 179. The summed E-state index contributed by atoms with van der Waals surface area (Å²) in [6.45, 7) is 3.46. The highest BCUT2D eigenvalue weighted by Crippen LogP contribution is 2.23. The van der Waals surface area contributed by atoms with Crippen molar-refractivity contribution in [2.45, 2.75) is 19.3 Å². The smallest absolute Gasteiger partial charge is 0.0627 e. The first-order valence-corrected chi connectivity index (χ1v) is 4.33. The summed E-state index contributed by atoms with van der Waals surface area (Å²) in [7, 11) is 0. The van der Waals surface area contributed by atoms with E-state index in [2.05, 4.69) is 10.1 Å². The Morgan fingerprint density at radius 3 is 3.18 bits per heavy atom. The molecule has 1 N–H and O–H groups in total. The predicted octanol–water partition coefficient (Wildman–Crippen LogP) is 0.932. The molecule has 2 heterocycles. The van der Waals surface area contributed by atoms with Crippen molar-refractivity contribution >= 4 is 5.71 Å². The van der Waals surface area contributed by atoms with E-state index in [1.807, 2.05) is 0 Å². The number of nitrogens with zero attached hydrogens (tertiary/aromatic N) is 2. The van der Waals surface area contributed by atoms with Gasteiger partial charge in [-0.3, -0.25) is 0 Å². The van der Waals surface area contributed by atoms with Gasteiger partial charge < -0.3 is 10.1 Å². The molecular weight excluding hydrogens is 140 g/mol. The number of rotatable bonds is 0. The molecule has 2 aliphatic heterocycles. The molecule has 2 atom stereocenters. The van der Waals surface area contributed by atoms with E-state index in [0.29, 0.717) is 5.92 Å². The van der Waals surface area contributed by atoms with Gasteiger partial charge in [-0.25, -0.2) is 0 Å². The number of oxime groups is 1. The molecule has 0 radical (unpaired) electrons. The van der Waals surface area contributed by atoms with Gasteiger partial charge in [-0.2, -0.15) is 0 Å². The van der Waals surface area contributed by atoms with Crippen LogP contribution in [0.15, 0.2) is 5.16 Å². The van der Waals surface area contributed by atoms with Crippen molar-refractivity contribution in [2.75, 3.05) is 19.6 Å². The number of piperidine rings is 2. The lowest BCUT2D eigenvalue weighted by atomic mass is 9.88. The Morgan fingerprint density at radius 2 is 2.36 bits per heavy atom. The minimum Gasteiger partial charge on any atom is -0.411 e. The number of hydrogen-bond acceptors (Lipinski definition) is 3. The van der Waals surface area contributed by atoms with E-state index in [1.54, 1.807) is 0 Å². The summed E-state index contributed by atoms with van der Waals surface area (Å²) in [5.41, 5.74) is 1.03. The monoisotopic (exact) mass is 154 g/mol. The fraction of sp³-hybridized carbons (Fsp3) is 0.875. The van der Waals surface area contributed by atoms with Crippen LogP contribution in [0, 0.1) is 5.92 Å². The second kappa shape index (κ2) is 2.81. The molecule has 2 bridgehead atoms. The topological polar surface area (TPSA) is 35.8 Å². The lowest BCUT2D eigenvalue weighted by molar-refractivity contribution is 0.183. The van der Waals surface area contributed by atoms with Gasteiger partial charge in [0.15, 0.2) is 0 Å². The van der Waals surface area contributed by atoms with Crippen LogP contribution in [0.4, 0.5) is 0 Å². The van der Waals surface area contributed by atoms with Crippen LogP contribution in [0.5, 0.6) is 0 Å². The van der Waals surface area contributed by atoms with Crippen LogP contribution in [0.1, 0.15) is 19.3 Å². The highest BCUT2D eigenvalue weighted by molar-refractivity contribution is 5.87. The summed E-state index contributed by atoms with van der Waals surface area (Å²) < 4.78 is 0. The molecule has 3 heteroatoms. The third kappa shape index (κ3) is 1.25. The molecule has 0 spiro atoms. The van der Waals surface area contributed by atoms with E-state index in [4.69, 9.17) is 5.21 Å². The van der Waals surface area contributed by atoms with Crippen LogP contribution >= 0.6 is 0 Å². The molecule has 0 aromatic carbocycles. The van der Waals surface area contributed by atoms with Crippen LogP contribution in [0.3, 0.4) is 0 Å². The van der Waals surface area contributed by atoms with E-state index < -0.39 is 0 Å². The van der Waals surface area contributed by atoms with Crippen LogP contribution in [0.25, 0.3) is 0 Å². The van der Waals surface area contributed by atoms with E-state index in [0.717, 1.165) is 25.2 Å². The zero-order valence-corrected chi connectivity index (χ0v) is 6.66. The molecule has 0 aliphatic carbocycles. The molecule has 2 unspecified atom stereocenters. The summed E-state index contributed by atoms with van der Waals surface area (Å²) in [5, 5.41) is 12.0. The average Bonchev–Trinajstić information content (AvgIpc) is 2.06. The number of fused-ring (bicyclic) bond motifs is 2. The standard InChI is InChI=1S/C8H14N2O/c11-9-8-3-5-10-4-1-2-7(8)6-10/h7,11H,1-6H2/b9-8-. The maximum atomic E-state index is 8.67. The van der Waals surface area contributed by atoms with Crippen molar-refractivity contribution < 1.29 is 5.21 Å². The average molecular weight is 154 g/mol. The normalized spacial score (nSPS) is 40.9. The molecule has 0 aromatic rings. The largest absolute Gasteiger partial charge is 0.411 e. The Balaban J connectivity index is 2.08. The molecule has 0 amide bonds. The zero-order valence-electron chi connectivity index (χ0n) is 6.66. The number of hydrogen-bond donors (Lipinski definition) is 1. The van der Waals surface area contributed by atoms with Gasteiger partial charge in [-0.15, -0.1) is 0 Å². The molecule has 3 nitrogen and oxygen atoms in total. The zero-order chi connectivity index (χ0) is 7.68. The first-order chi connectivity index (χ1) is 5.40. The van der Waals surface area contributed by atoms with Gasteiger partial charge in [0.25, 0.3) is 0 Å². The van der Waals surface area contributed by atoms with Crippen molar-refractivity contribution in [3.05, 3.63) is 0 Å². The first-order valence-electron chi connectivity index (χ1n) is 4.33. The fourth-order valence-corrected chi connectivity index (χ4v) is 2.14. The highest BCUT2D eigenvalue weighted by atomic mass is 16.4. The molecule has 0 aromatic heterocycles. The van der Waals surface area contributed by atoms with Gasteiger partial charge >= 0.3 is 0 Å². The van der Waals surface area contributed by atoms with Gasteiger partial charge in [-0.05, 0) is 19.4 Å². The molecule has 2 saturated heterocycles. The lowest BCUT2D eigenvalue weighted by Crippen LogP contribution is -2.44. The Hall–Kier alpha value is -0.570. The quantitative estimate of drug-likeness (QED) is 0.416. The molecular formula is C8H14N2O. The van der Waals surface area contributed by atoms with Crippen molar-refractivity contribution in [3.63, 3.8) is 0 Å². The van der Waals surface area contributed by atoms with Crippen molar-refractivity contribution in [3.8, 4) is 0 Å². The third-order valence-electron chi connectivity index (χ3n) is 2.79. The summed E-state index contributed by atoms with van der Waals surface area (Å²) in [6, 6.07) is 0. The van der Waals surface area contributed by atoms with Gasteiger partial charge in [0.05, 0.1) is 5.71 Å². The van der Waals surface area contributed by atoms with Gasteiger partial charge in [0.2, 0.25) is 0 Å². The maximum Gasteiger partial charge on any atom is 0.0627 e. The predicted molar refractivity (Wildman–Crippen MR) is 43.0 cm³/mol. The molecule has 2 fully saturated rings. The highest BCUT2D eigenvalue weighted by Gasteiger charge is 2.28. The Labute approximate surface area is 66.7 Å². The molecule has 11 heavy (non-hydrogen) atoms. The molecule has 2 aliphatic rings. The van der Waals surface area contributed by atoms with Gasteiger partial charge in [-0.1, -0.05) is 5.16 Å². The first kappa shape index (κ1) is 7.10. The molecule has 62 valence electrons. The van der Waals surface area contributed by atoms with Crippen molar-refractivity contribution in [1.82, 2.24) is 4.90 Å². The van der Waals surface area contributed by atoms with E-state index in [1.165, 1.54) is 19.4 Å². The Morgan fingerprint density at radius 1 is 1.45 bits per heavy atom. The van der Waals surface area contributed by atoms with Crippen LogP contribution in [-0.2, 0) is 0 Å². The van der Waals surface area contributed by atoms with Crippen LogP contribution in [-0.4, -0.2) is 35.5 Å². The summed E-state index contributed by atoms with van der Waals surface area (Å²) in [5.74, 6) is 0.558. The second-order valence-electron chi connectivity index (χ2n) is 3.48. The van der Waals surface area contributed by atoms with E-state index in [9.17, 15) is 0 Å². The maximum absolute atomic E-state index is 8.67. The fourth-order valence-electron chi connectivity index (χ4n) is 2.14. The Kier molecular flexibility index (Phi) is 1.82. The second-order valence-corrected chi connectivity index (χ2v) is 3.48. The van der Waals surface area contributed by atoms with Crippen LogP contribution < -0.4 is 0 Å². The minimum atomic E-state index is 0.558. The summed E-state index contributed by atoms with van der Waals surface area (Å²) in [4.78, 5) is 2.46. The molecule has 2 rings (SSSR count). The van der Waals surface area contributed by atoms with Gasteiger partial charge in [0.1, 0.15) is 0 Å². The van der Waals surface area contributed by atoms with E-state index in [-0.39, 0.29) is 0 Å². The lowest BCUT2D eigenvalue weighted by Gasteiger charge is -2.37. The van der Waals surface area contributed by atoms with Crippen LogP contribution in [0.2, 0.25) is 0 Å². The minimum absolute atomic E-state index is 0.558.